The Balaban J connectivity index is 1.53. The maximum atomic E-state index is 12.6. The van der Waals surface area contributed by atoms with E-state index >= 15 is 0 Å². The molecule has 2 aliphatic heterocycles. The molecule has 3 rings (SSSR count). The third-order valence-electron chi connectivity index (χ3n) is 5.61. The minimum Gasteiger partial charge on any atom is -0.493 e. The van der Waals surface area contributed by atoms with Gasteiger partial charge in [-0.2, -0.15) is 0 Å². The van der Waals surface area contributed by atoms with E-state index in [-0.39, 0.29) is 18.4 Å². The van der Waals surface area contributed by atoms with Crippen LogP contribution in [0.5, 0.6) is 11.5 Å². The van der Waals surface area contributed by atoms with Crippen LogP contribution < -0.4 is 9.47 Å². The molecule has 2 heterocycles. The van der Waals surface area contributed by atoms with Crippen LogP contribution in [0.4, 0.5) is 0 Å². The third kappa shape index (κ3) is 4.93. The molecule has 2 fully saturated rings. The van der Waals surface area contributed by atoms with Gasteiger partial charge >= 0.3 is 0 Å². The van der Waals surface area contributed by atoms with Gasteiger partial charge in [0.2, 0.25) is 11.8 Å². The SMILES string of the molecule is COc1ccc(CC2CCN(C(=O)CN3CCCCCC3=O)C2)cc1OC. The Morgan fingerprint density at radius 1 is 1.11 bits per heavy atom. The van der Waals surface area contributed by atoms with Crippen molar-refractivity contribution in [1.82, 2.24) is 9.80 Å². The molecule has 1 atom stereocenters. The van der Waals surface area contributed by atoms with E-state index in [0.29, 0.717) is 18.9 Å². The molecule has 6 heteroatoms. The van der Waals surface area contributed by atoms with Crippen LogP contribution in [0.3, 0.4) is 0 Å². The summed E-state index contributed by atoms with van der Waals surface area (Å²) in [5.41, 5.74) is 1.19. The highest BCUT2D eigenvalue weighted by Gasteiger charge is 2.29. The van der Waals surface area contributed by atoms with Gasteiger partial charge in [0.05, 0.1) is 20.8 Å². The van der Waals surface area contributed by atoms with Crippen molar-refractivity contribution < 1.29 is 19.1 Å². The molecule has 0 bridgehead atoms. The number of carbonyl (C=O) groups is 2. The molecule has 0 aromatic heterocycles. The zero-order valence-electron chi connectivity index (χ0n) is 16.4. The van der Waals surface area contributed by atoms with Gasteiger partial charge in [-0.15, -0.1) is 0 Å². The molecule has 1 aromatic carbocycles. The van der Waals surface area contributed by atoms with Gasteiger partial charge in [0, 0.05) is 26.1 Å². The number of benzene rings is 1. The summed E-state index contributed by atoms with van der Waals surface area (Å²) < 4.78 is 10.7. The van der Waals surface area contributed by atoms with E-state index in [1.54, 1.807) is 19.1 Å². The monoisotopic (exact) mass is 374 g/mol. The summed E-state index contributed by atoms with van der Waals surface area (Å²) in [6.07, 6.45) is 5.51. The molecule has 0 spiro atoms. The highest BCUT2D eigenvalue weighted by molar-refractivity contribution is 5.85. The maximum absolute atomic E-state index is 12.6. The first-order chi connectivity index (χ1) is 13.1. The van der Waals surface area contributed by atoms with Crippen LogP contribution in [0, 0.1) is 5.92 Å². The molecule has 148 valence electrons. The van der Waals surface area contributed by atoms with Gasteiger partial charge in [-0.05, 0) is 49.3 Å². The van der Waals surface area contributed by atoms with E-state index in [2.05, 4.69) is 6.07 Å². The minimum atomic E-state index is 0.0834. The van der Waals surface area contributed by atoms with Crippen LogP contribution >= 0.6 is 0 Å². The number of ether oxygens (including phenoxy) is 2. The second-order valence-electron chi connectivity index (χ2n) is 7.51. The molecular weight excluding hydrogens is 344 g/mol. The van der Waals surface area contributed by atoms with E-state index < -0.39 is 0 Å². The lowest BCUT2D eigenvalue weighted by Gasteiger charge is -2.24. The molecule has 0 saturated carbocycles. The number of hydrogen-bond donors (Lipinski definition) is 0. The summed E-state index contributed by atoms with van der Waals surface area (Å²) in [6.45, 7) is 2.49. The molecule has 0 N–H and O–H groups in total. The molecule has 0 radical (unpaired) electrons. The first-order valence-corrected chi connectivity index (χ1v) is 9.87. The van der Waals surface area contributed by atoms with Crippen molar-refractivity contribution >= 4 is 11.8 Å². The second kappa shape index (κ2) is 9.11. The Bertz CT molecular complexity index is 676. The molecule has 0 aliphatic carbocycles. The smallest absolute Gasteiger partial charge is 0.242 e. The molecule has 2 amide bonds. The maximum Gasteiger partial charge on any atom is 0.242 e. The number of methoxy groups -OCH3 is 2. The highest BCUT2D eigenvalue weighted by Crippen LogP contribution is 2.30. The molecule has 6 nitrogen and oxygen atoms in total. The zero-order chi connectivity index (χ0) is 19.2. The Hall–Kier alpha value is -2.24. The number of nitrogens with zero attached hydrogens (tertiary/aromatic N) is 2. The summed E-state index contributed by atoms with van der Waals surface area (Å²) >= 11 is 0. The molecule has 1 aromatic rings. The van der Waals surface area contributed by atoms with E-state index in [4.69, 9.17) is 9.47 Å². The summed E-state index contributed by atoms with van der Waals surface area (Å²) in [4.78, 5) is 28.4. The molecule has 27 heavy (non-hydrogen) atoms. The summed E-state index contributed by atoms with van der Waals surface area (Å²) in [5, 5.41) is 0. The standard InChI is InChI=1S/C21H30N2O4/c1-26-18-8-7-16(13-19(18)27-2)12-17-9-11-23(14-17)21(25)15-22-10-5-3-4-6-20(22)24/h7-8,13,17H,3-6,9-12,14-15H2,1-2H3. The van der Waals surface area contributed by atoms with Crippen LogP contribution in [0.15, 0.2) is 18.2 Å². The van der Waals surface area contributed by atoms with Crippen molar-refractivity contribution in [2.75, 3.05) is 40.4 Å². The van der Waals surface area contributed by atoms with Gasteiger partial charge in [0.25, 0.3) is 0 Å². The quantitative estimate of drug-likeness (QED) is 0.768. The largest absolute Gasteiger partial charge is 0.493 e. The van der Waals surface area contributed by atoms with E-state index in [9.17, 15) is 9.59 Å². The predicted molar refractivity (Wildman–Crippen MR) is 103 cm³/mol. The van der Waals surface area contributed by atoms with Gasteiger partial charge in [0.15, 0.2) is 11.5 Å². The fourth-order valence-electron chi connectivity index (χ4n) is 4.04. The minimum absolute atomic E-state index is 0.0834. The van der Waals surface area contributed by atoms with Crippen molar-refractivity contribution in [2.24, 2.45) is 5.92 Å². The summed E-state index contributed by atoms with van der Waals surface area (Å²) in [5.74, 6) is 2.11. The van der Waals surface area contributed by atoms with Gasteiger partial charge < -0.3 is 19.3 Å². The average molecular weight is 374 g/mol. The number of likely N-dealkylation sites (tertiary alicyclic amines) is 2. The first-order valence-electron chi connectivity index (χ1n) is 9.87. The highest BCUT2D eigenvalue weighted by atomic mass is 16.5. The van der Waals surface area contributed by atoms with Crippen LogP contribution in [0.1, 0.15) is 37.7 Å². The first kappa shape index (κ1) is 19.5. The Kier molecular flexibility index (Phi) is 6.58. The van der Waals surface area contributed by atoms with Crippen molar-refractivity contribution in [3.63, 3.8) is 0 Å². The Labute approximate surface area is 161 Å². The number of rotatable bonds is 6. The predicted octanol–water partition coefficient (Wildman–Crippen LogP) is 2.50. The number of carbonyl (C=O) groups excluding carboxylic acids is 2. The average Bonchev–Trinajstić information content (AvgIpc) is 3.05. The van der Waals surface area contributed by atoms with Gasteiger partial charge in [-0.1, -0.05) is 12.5 Å². The van der Waals surface area contributed by atoms with E-state index in [1.807, 2.05) is 17.0 Å². The molecule has 2 aliphatic rings. The summed E-state index contributed by atoms with van der Waals surface area (Å²) in [6, 6.07) is 6.00. The van der Waals surface area contributed by atoms with Crippen molar-refractivity contribution in [2.45, 2.75) is 38.5 Å². The lowest BCUT2D eigenvalue weighted by molar-refractivity contribution is -0.139. The third-order valence-corrected chi connectivity index (χ3v) is 5.61. The van der Waals surface area contributed by atoms with E-state index in [0.717, 1.165) is 56.7 Å². The van der Waals surface area contributed by atoms with Crippen LogP contribution in [-0.4, -0.2) is 62.0 Å². The number of hydrogen-bond acceptors (Lipinski definition) is 4. The zero-order valence-corrected chi connectivity index (χ0v) is 16.4. The normalized spacial score (nSPS) is 20.5. The van der Waals surface area contributed by atoms with Crippen molar-refractivity contribution in [3.8, 4) is 11.5 Å². The molecule has 1 unspecified atom stereocenters. The fraction of sp³-hybridized carbons (Fsp3) is 0.619. The Morgan fingerprint density at radius 2 is 1.93 bits per heavy atom. The van der Waals surface area contributed by atoms with Crippen molar-refractivity contribution in [3.05, 3.63) is 23.8 Å². The summed E-state index contributed by atoms with van der Waals surface area (Å²) in [7, 11) is 3.27. The van der Waals surface area contributed by atoms with Crippen LogP contribution in [-0.2, 0) is 16.0 Å². The van der Waals surface area contributed by atoms with E-state index in [1.165, 1.54) is 5.56 Å². The lowest BCUT2D eigenvalue weighted by Crippen LogP contribution is -2.42. The van der Waals surface area contributed by atoms with Gasteiger partial charge in [-0.3, -0.25) is 9.59 Å². The fourth-order valence-corrected chi connectivity index (χ4v) is 4.04. The van der Waals surface area contributed by atoms with Crippen molar-refractivity contribution in [1.29, 1.82) is 0 Å². The van der Waals surface area contributed by atoms with Crippen LogP contribution in [0.2, 0.25) is 0 Å². The lowest BCUT2D eigenvalue weighted by atomic mass is 9.98. The Morgan fingerprint density at radius 3 is 2.70 bits per heavy atom. The van der Waals surface area contributed by atoms with Crippen LogP contribution in [0.25, 0.3) is 0 Å². The molecular formula is C21H30N2O4. The molecule has 2 saturated heterocycles. The second-order valence-corrected chi connectivity index (χ2v) is 7.51. The topological polar surface area (TPSA) is 59.1 Å². The van der Waals surface area contributed by atoms with Gasteiger partial charge in [-0.25, -0.2) is 0 Å². The number of amides is 2. The van der Waals surface area contributed by atoms with Gasteiger partial charge in [0.1, 0.15) is 0 Å².